The van der Waals surface area contributed by atoms with Crippen molar-refractivity contribution < 1.29 is 24.1 Å². The second-order valence-electron chi connectivity index (χ2n) is 11.2. The van der Waals surface area contributed by atoms with Gasteiger partial charge in [0, 0.05) is 31.6 Å². The highest BCUT2D eigenvalue weighted by Gasteiger charge is 2.30. The van der Waals surface area contributed by atoms with E-state index >= 15 is 0 Å². The molecule has 3 atom stereocenters. The highest BCUT2D eigenvalue weighted by Crippen LogP contribution is 2.40. The maximum absolute atomic E-state index is 13.8. The number of nitro benzene ring substituents is 1. The third-order valence-corrected chi connectivity index (χ3v) is 9.90. The molecule has 0 radical (unpaired) electrons. The first kappa shape index (κ1) is 37.1. The van der Waals surface area contributed by atoms with Crippen molar-refractivity contribution in [2.75, 3.05) is 13.6 Å². The standard InChI is InChI=1S/C34H41N5O6S2/c1-23(2)21-26(33(42)37-27(32(41)35-3)22-24-13-6-4-7-14-24)38-34(43)30(47-46-29-18-11-10-17-28(29)39(44)45)19-12-20-36-31(40)25-15-8-5-9-16-25/h4-11,13-18,23,26-27,30H,12,19-22H2,1-3H3,(H,35,41)(H,36,40)(H,37,42)(H,38,43)/t26-,27-,30?/m0/s1. The van der Waals surface area contributed by atoms with Gasteiger partial charge in [-0.2, -0.15) is 0 Å². The minimum atomic E-state index is -0.928. The Labute approximate surface area is 283 Å². The van der Waals surface area contributed by atoms with Gasteiger partial charge in [-0.3, -0.25) is 29.3 Å². The van der Waals surface area contributed by atoms with E-state index in [9.17, 15) is 29.3 Å². The van der Waals surface area contributed by atoms with Crippen LogP contribution in [-0.2, 0) is 20.8 Å². The molecule has 0 spiro atoms. The van der Waals surface area contributed by atoms with Crippen molar-refractivity contribution in [2.24, 2.45) is 5.92 Å². The first-order valence-corrected chi connectivity index (χ1v) is 17.6. The molecule has 0 aliphatic heterocycles. The van der Waals surface area contributed by atoms with Crippen molar-refractivity contribution in [3.05, 3.63) is 106 Å². The van der Waals surface area contributed by atoms with Gasteiger partial charge in [-0.25, -0.2) is 0 Å². The SMILES string of the molecule is CNC(=O)[C@H](Cc1ccccc1)NC(=O)[C@H](CC(C)C)NC(=O)C(CCCNC(=O)c1ccccc1)SSc1ccccc1[N+](=O)[O-]. The Balaban J connectivity index is 1.74. The summed E-state index contributed by atoms with van der Waals surface area (Å²) >= 11 is 0. The van der Waals surface area contributed by atoms with Gasteiger partial charge in [-0.15, -0.1) is 0 Å². The van der Waals surface area contributed by atoms with Crippen molar-refractivity contribution in [3.8, 4) is 0 Å². The summed E-state index contributed by atoms with van der Waals surface area (Å²) in [5.41, 5.74) is 1.32. The number of para-hydroxylation sites is 1. The topological polar surface area (TPSA) is 160 Å². The summed E-state index contributed by atoms with van der Waals surface area (Å²) in [5, 5.41) is 22.0. The van der Waals surface area contributed by atoms with Crippen LogP contribution in [0.25, 0.3) is 0 Å². The maximum atomic E-state index is 13.8. The average Bonchev–Trinajstić information content (AvgIpc) is 3.07. The smallest absolute Gasteiger partial charge is 0.283 e. The summed E-state index contributed by atoms with van der Waals surface area (Å²) in [7, 11) is 3.77. The van der Waals surface area contributed by atoms with E-state index in [0.29, 0.717) is 36.3 Å². The molecule has 3 aromatic carbocycles. The Bertz CT molecular complexity index is 1490. The van der Waals surface area contributed by atoms with Crippen molar-refractivity contribution in [2.45, 2.75) is 61.8 Å². The molecule has 0 bridgehead atoms. The molecule has 11 nitrogen and oxygen atoms in total. The third kappa shape index (κ3) is 12.4. The molecule has 0 saturated heterocycles. The van der Waals surface area contributed by atoms with Crippen LogP contribution in [0.2, 0.25) is 0 Å². The second-order valence-corrected chi connectivity index (χ2v) is 13.7. The predicted molar refractivity (Wildman–Crippen MR) is 186 cm³/mol. The normalized spacial score (nSPS) is 12.8. The Kier molecular flexibility index (Phi) is 15.3. The molecule has 3 rings (SSSR count). The van der Waals surface area contributed by atoms with Gasteiger partial charge in [-0.05, 0) is 59.7 Å². The number of amides is 4. The van der Waals surface area contributed by atoms with Crippen molar-refractivity contribution in [1.29, 1.82) is 0 Å². The number of nitrogens with one attached hydrogen (secondary N) is 4. The predicted octanol–water partition coefficient (Wildman–Crippen LogP) is 4.92. The molecule has 0 aliphatic carbocycles. The van der Waals surface area contributed by atoms with Crippen molar-refractivity contribution in [3.63, 3.8) is 0 Å². The van der Waals surface area contributed by atoms with Gasteiger partial charge in [0.05, 0.1) is 15.1 Å². The lowest BCUT2D eigenvalue weighted by Crippen LogP contribution is -2.55. The highest BCUT2D eigenvalue weighted by atomic mass is 33.1. The zero-order valence-corrected chi connectivity index (χ0v) is 28.3. The number of likely N-dealkylation sites (N-methyl/N-ethyl adjacent to an activating group) is 1. The summed E-state index contributed by atoms with van der Waals surface area (Å²) < 4.78 is 0. The lowest BCUT2D eigenvalue weighted by molar-refractivity contribution is -0.387. The molecule has 4 amide bonds. The van der Waals surface area contributed by atoms with Gasteiger partial charge < -0.3 is 21.3 Å². The fraction of sp³-hybridized carbons (Fsp3) is 0.353. The van der Waals surface area contributed by atoms with Gasteiger partial charge >= 0.3 is 0 Å². The van der Waals surface area contributed by atoms with Crippen LogP contribution < -0.4 is 21.3 Å². The van der Waals surface area contributed by atoms with Crippen LogP contribution >= 0.6 is 21.6 Å². The molecule has 13 heteroatoms. The minimum Gasteiger partial charge on any atom is -0.357 e. The van der Waals surface area contributed by atoms with Crippen molar-refractivity contribution >= 4 is 50.9 Å². The Morgan fingerprint density at radius 3 is 2.06 bits per heavy atom. The number of nitro groups is 1. The molecule has 250 valence electrons. The number of benzene rings is 3. The van der Waals surface area contributed by atoms with Gasteiger partial charge in [0.1, 0.15) is 12.1 Å². The number of carbonyl (C=O) groups excluding carboxylic acids is 4. The zero-order chi connectivity index (χ0) is 34.2. The van der Waals surface area contributed by atoms with Gasteiger partial charge in [0.25, 0.3) is 11.6 Å². The van der Waals surface area contributed by atoms with Crippen LogP contribution in [0, 0.1) is 16.0 Å². The summed E-state index contributed by atoms with van der Waals surface area (Å²) in [4.78, 5) is 64.1. The van der Waals surface area contributed by atoms with Gasteiger partial charge in [-0.1, -0.05) is 85.3 Å². The summed E-state index contributed by atoms with van der Waals surface area (Å²) in [6.45, 7) is 4.16. The summed E-state index contributed by atoms with van der Waals surface area (Å²) in [6.07, 6.45) is 1.36. The molecule has 1 unspecified atom stereocenters. The van der Waals surface area contributed by atoms with E-state index in [4.69, 9.17) is 0 Å². The number of nitrogens with zero attached hydrogens (tertiary/aromatic N) is 1. The Hall–Kier alpha value is -4.36. The molecule has 4 N–H and O–H groups in total. The lowest BCUT2D eigenvalue weighted by atomic mass is 10.0. The van der Waals surface area contributed by atoms with Crippen molar-refractivity contribution in [1.82, 2.24) is 21.3 Å². The third-order valence-electron chi connectivity index (χ3n) is 7.08. The number of hydrogen-bond donors (Lipinski definition) is 4. The maximum Gasteiger partial charge on any atom is 0.283 e. The quantitative estimate of drug-likeness (QED) is 0.0638. The Morgan fingerprint density at radius 1 is 0.809 bits per heavy atom. The summed E-state index contributed by atoms with van der Waals surface area (Å²) in [6, 6.07) is 22.6. The Morgan fingerprint density at radius 2 is 1.43 bits per heavy atom. The van der Waals surface area contributed by atoms with Crippen LogP contribution in [0.3, 0.4) is 0 Å². The van der Waals surface area contributed by atoms with E-state index in [1.54, 1.807) is 42.5 Å². The first-order chi connectivity index (χ1) is 22.6. The van der Waals surface area contributed by atoms with E-state index in [2.05, 4.69) is 21.3 Å². The largest absolute Gasteiger partial charge is 0.357 e. The van der Waals surface area contributed by atoms with E-state index < -0.39 is 34.1 Å². The van der Waals surface area contributed by atoms with Crippen LogP contribution in [-0.4, -0.2) is 59.5 Å². The number of carbonyl (C=O) groups is 4. The fourth-order valence-corrected chi connectivity index (χ4v) is 7.30. The molecule has 3 aromatic rings. The van der Waals surface area contributed by atoms with Gasteiger partial charge in [0.15, 0.2) is 0 Å². The minimum absolute atomic E-state index is 0.0410. The van der Waals surface area contributed by atoms with E-state index in [0.717, 1.165) is 27.2 Å². The zero-order valence-electron chi connectivity index (χ0n) is 26.6. The molecule has 0 aromatic heterocycles. The van der Waals surface area contributed by atoms with E-state index in [-0.39, 0.29) is 29.8 Å². The monoisotopic (exact) mass is 679 g/mol. The van der Waals surface area contributed by atoms with Crippen LogP contribution in [0.4, 0.5) is 5.69 Å². The molecule has 0 fully saturated rings. The van der Waals surface area contributed by atoms with Crippen LogP contribution in [0.1, 0.15) is 49.0 Å². The second kappa shape index (κ2) is 19.3. The fourth-order valence-electron chi connectivity index (χ4n) is 4.67. The lowest BCUT2D eigenvalue weighted by Gasteiger charge is -2.25. The molecule has 0 saturated carbocycles. The van der Waals surface area contributed by atoms with Crippen LogP contribution in [0.5, 0.6) is 0 Å². The molecular formula is C34H41N5O6S2. The number of hydrogen-bond acceptors (Lipinski definition) is 8. The van der Waals surface area contributed by atoms with Gasteiger partial charge in [0.2, 0.25) is 17.7 Å². The van der Waals surface area contributed by atoms with E-state index in [1.807, 2.05) is 50.2 Å². The molecular weight excluding hydrogens is 639 g/mol. The summed E-state index contributed by atoms with van der Waals surface area (Å²) in [5.74, 6) is -1.45. The van der Waals surface area contributed by atoms with E-state index in [1.165, 1.54) is 13.1 Å². The molecule has 0 heterocycles. The average molecular weight is 680 g/mol. The highest BCUT2D eigenvalue weighted by molar-refractivity contribution is 8.77. The number of rotatable bonds is 18. The van der Waals surface area contributed by atoms with Crippen LogP contribution in [0.15, 0.2) is 89.8 Å². The molecule has 0 aliphatic rings. The first-order valence-electron chi connectivity index (χ1n) is 15.3. The molecule has 47 heavy (non-hydrogen) atoms.